The number of alkyl halides is 3. The van der Waals surface area contributed by atoms with Crippen molar-refractivity contribution in [1.82, 2.24) is 35.1 Å². The smallest absolute Gasteiger partial charge is 0.383 e. The largest absolute Gasteiger partial charge is 0.434 e. The molecule has 3 aromatic rings. The van der Waals surface area contributed by atoms with Crippen LogP contribution < -0.4 is 21.3 Å². The van der Waals surface area contributed by atoms with Crippen LogP contribution >= 0.6 is 0 Å². The zero-order valence-corrected chi connectivity index (χ0v) is 26.1. The highest BCUT2D eigenvalue weighted by molar-refractivity contribution is 6.07. The van der Waals surface area contributed by atoms with Crippen molar-refractivity contribution < 1.29 is 27.5 Å². The van der Waals surface area contributed by atoms with Crippen molar-refractivity contribution in [3.63, 3.8) is 0 Å². The molecular formula is C30H39F3N10O3. The minimum Gasteiger partial charge on any atom is -0.383 e. The Morgan fingerprint density at radius 1 is 1.11 bits per heavy atom. The van der Waals surface area contributed by atoms with Crippen LogP contribution in [0, 0.1) is 6.92 Å². The average molecular weight is 645 g/mol. The minimum absolute atomic E-state index is 0.104. The van der Waals surface area contributed by atoms with Crippen molar-refractivity contribution in [1.29, 1.82) is 0 Å². The standard InChI is InChI=1S/C30H39F3N10O3/c1-19-15-22(26(30(31,32)33)37-27(19)34)28(44)36-23-16-21(5-6-25(23)42-10-9-40(3)20(2)17-42)43-18-24(38-39-43)29(45)35-7-4-8-41-11-13-46-14-12-41/h5-6,15-16,18,20H,4,7-14,17H2,1-3H3,(H2,34,37)(H,35,45)(H,36,44)/t20-/m1/s1. The van der Waals surface area contributed by atoms with Crippen LogP contribution in [0.5, 0.6) is 0 Å². The number of rotatable bonds is 9. The lowest BCUT2D eigenvalue weighted by molar-refractivity contribution is -0.141. The molecule has 13 nitrogen and oxygen atoms in total. The number of hydrogen-bond donors (Lipinski definition) is 3. The molecule has 0 aliphatic carbocycles. The molecule has 0 unspecified atom stereocenters. The van der Waals surface area contributed by atoms with E-state index >= 15 is 0 Å². The Morgan fingerprint density at radius 2 is 1.87 bits per heavy atom. The van der Waals surface area contributed by atoms with Gasteiger partial charge in [0.05, 0.1) is 42.0 Å². The van der Waals surface area contributed by atoms with Crippen LogP contribution in [0.1, 0.15) is 45.4 Å². The summed E-state index contributed by atoms with van der Waals surface area (Å²) in [6, 6.07) is 6.41. The summed E-state index contributed by atoms with van der Waals surface area (Å²) in [4.78, 5) is 36.2. The first-order valence-corrected chi connectivity index (χ1v) is 15.2. The van der Waals surface area contributed by atoms with E-state index in [4.69, 9.17) is 10.5 Å². The summed E-state index contributed by atoms with van der Waals surface area (Å²) in [5.74, 6) is -1.67. The molecule has 2 aromatic heterocycles. The monoisotopic (exact) mass is 644 g/mol. The molecule has 2 aliphatic rings. The lowest BCUT2D eigenvalue weighted by Crippen LogP contribution is -2.50. The molecule has 2 amide bonds. The lowest BCUT2D eigenvalue weighted by atomic mass is 10.1. The Balaban J connectivity index is 1.37. The molecule has 1 atom stereocenters. The van der Waals surface area contributed by atoms with Crippen LogP contribution in [-0.4, -0.2) is 114 Å². The van der Waals surface area contributed by atoms with Crippen molar-refractivity contribution in [2.45, 2.75) is 32.5 Å². The summed E-state index contributed by atoms with van der Waals surface area (Å²) in [5.41, 5.74) is 5.34. The second kappa shape index (κ2) is 14.0. The van der Waals surface area contributed by atoms with E-state index in [1.165, 1.54) is 17.8 Å². The topological polar surface area (TPSA) is 147 Å². The quantitative estimate of drug-likeness (QED) is 0.297. The molecule has 2 aliphatic heterocycles. The van der Waals surface area contributed by atoms with E-state index in [0.29, 0.717) is 44.2 Å². The predicted octanol–water partition coefficient (Wildman–Crippen LogP) is 2.42. The number of nitrogen functional groups attached to an aromatic ring is 1. The maximum absolute atomic E-state index is 13.9. The van der Waals surface area contributed by atoms with E-state index < -0.39 is 23.3 Å². The second-order valence-electron chi connectivity index (χ2n) is 11.6. The van der Waals surface area contributed by atoms with Crippen molar-refractivity contribution in [2.75, 3.05) is 82.0 Å². The number of carbonyl (C=O) groups excluding carboxylic acids is 2. The fraction of sp³-hybridized carbons (Fsp3) is 0.500. The zero-order chi connectivity index (χ0) is 33.0. The maximum atomic E-state index is 13.9. The van der Waals surface area contributed by atoms with Crippen molar-refractivity contribution in [3.05, 3.63) is 53.0 Å². The number of halogens is 3. The summed E-state index contributed by atoms with van der Waals surface area (Å²) in [5, 5.41) is 13.6. The number of amides is 2. The lowest BCUT2D eigenvalue weighted by Gasteiger charge is -2.39. The van der Waals surface area contributed by atoms with Gasteiger partial charge in [-0.15, -0.1) is 5.10 Å². The number of piperazine rings is 1. The molecule has 0 radical (unpaired) electrons. The first-order chi connectivity index (χ1) is 21.9. The fourth-order valence-corrected chi connectivity index (χ4v) is 5.43. The normalized spacial score (nSPS) is 18.0. The highest BCUT2D eigenvalue weighted by Crippen LogP contribution is 2.34. The van der Waals surface area contributed by atoms with E-state index in [2.05, 4.69) is 47.6 Å². The van der Waals surface area contributed by atoms with Gasteiger partial charge in [0.15, 0.2) is 11.4 Å². The number of ether oxygens (including phenoxy) is 1. The van der Waals surface area contributed by atoms with Crippen molar-refractivity contribution in [3.8, 4) is 5.69 Å². The van der Waals surface area contributed by atoms with Crippen LogP contribution in [0.15, 0.2) is 30.5 Å². The predicted molar refractivity (Wildman–Crippen MR) is 166 cm³/mol. The number of aromatic nitrogens is 4. The Bertz CT molecular complexity index is 1560. The van der Waals surface area contributed by atoms with Crippen LogP contribution in [0.25, 0.3) is 5.69 Å². The number of anilines is 3. The Kier molecular flexibility index (Phi) is 10.1. The molecule has 1 aromatic carbocycles. The van der Waals surface area contributed by atoms with Gasteiger partial charge < -0.3 is 30.9 Å². The first kappa shape index (κ1) is 33.1. The van der Waals surface area contributed by atoms with Crippen molar-refractivity contribution in [2.24, 2.45) is 0 Å². The third-order valence-electron chi connectivity index (χ3n) is 8.33. The second-order valence-corrected chi connectivity index (χ2v) is 11.6. The van der Waals surface area contributed by atoms with Crippen LogP contribution in [0.4, 0.5) is 30.4 Å². The number of morpholine rings is 1. The van der Waals surface area contributed by atoms with E-state index in [1.807, 2.05) is 7.05 Å². The zero-order valence-electron chi connectivity index (χ0n) is 26.1. The van der Waals surface area contributed by atoms with Crippen LogP contribution in [0.2, 0.25) is 0 Å². The van der Waals surface area contributed by atoms with Gasteiger partial charge in [0, 0.05) is 45.3 Å². The summed E-state index contributed by atoms with van der Waals surface area (Å²) < 4.78 is 48.4. The third kappa shape index (κ3) is 7.74. The number of nitrogens with one attached hydrogen (secondary N) is 2. The molecule has 4 heterocycles. The van der Waals surface area contributed by atoms with E-state index in [1.54, 1.807) is 18.2 Å². The summed E-state index contributed by atoms with van der Waals surface area (Å²) in [6.07, 6.45) is -2.66. The molecule has 0 bridgehead atoms. The number of carbonyl (C=O) groups is 2. The maximum Gasteiger partial charge on any atom is 0.434 e. The molecule has 248 valence electrons. The number of nitrogens with two attached hydrogens (primary N) is 1. The molecule has 2 saturated heterocycles. The fourth-order valence-electron chi connectivity index (χ4n) is 5.43. The molecule has 16 heteroatoms. The van der Waals surface area contributed by atoms with Gasteiger partial charge in [0.1, 0.15) is 5.82 Å². The number of benzene rings is 1. The van der Waals surface area contributed by atoms with Gasteiger partial charge in [-0.05, 0) is 63.7 Å². The number of likely N-dealkylation sites (N-methyl/N-ethyl adjacent to an activating group) is 1. The molecule has 2 fully saturated rings. The van der Waals surface area contributed by atoms with Gasteiger partial charge in [-0.1, -0.05) is 5.21 Å². The molecular weight excluding hydrogens is 605 g/mol. The molecule has 46 heavy (non-hydrogen) atoms. The molecule has 0 spiro atoms. The van der Waals surface area contributed by atoms with Gasteiger partial charge >= 0.3 is 6.18 Å². The van der Waals surface area contributed by atoms with E-state index in [-0.39, 0.29) is 34.7 Å². The van der Waals surface area contributed by atoms with E-state index in [0.717, 1.165) is 38.7 Å². The van der Waals surface area contributed by atoms with E-state index in [9.17, 15) is 22.8 Å². The molecule has 0 saturated carbocycles. The first-order valence-electron chi connectivity index (χ1n) is 15.2. The minimum atomic E-state index is -4.90. The Labute approximate surface area is 264 Å². The van der Waals surface area contributed by atoms with Crippen LogP contribution in [-0.2, 0) is 10.9 Å². The van der Waals surface area contributed by atoms with Gasteiger partial charge in [-0.2, -0.15) is 13.2 Å². The van der Waals surface area contributed by atoms with Crippen LogP contribution in [0.3, 0.4) is 0 Å². The van der Waals surface area contributed by atoms with Gasteiger partial charge in [0.2, 0.25) is 0 Å². The van der Waals surface area contributed by atoms with Gasteiger partial charge in [0.25, 0.3) is 11.8 Å². The van der Waals surface area contributed by atoms with Crippen molar-refractivity contribution >= 4 is 29.0 Å². The Hall–Kier alpha value is -4.28. The highest BCUT2D eigenvalue weighted by Gasteiger charge is 2.38. The average Bonchev–Trinajstić information content (AvgIpc) is 3.52. The van der Waals surface area contributed by atoms with Gasteiger partial charge in [-0.25, -0.2) is 9.67 Å². The number of aryl methyl sites for hydroxylation is 1. The molecule has 5 rings (SSSR count). The summed E-state index contributed by atoms with van der Waals surface area (Å²) in [7, 11) is 2.02. The number of hydrogen-bond acceptors (Lipinski definition) is 10. The van der Waals surface area contributed by atoms with Gasteiger partial charge in [-0.3, -0.25) is 14.5 Å². The number of pyridine rings is 1. The number of nitrogens with zero attached hydrogens (tertiary/aromatic N) is 7. The Morgan fingerprint density at radius 3 is 2.59 bits per heavy atom. The SMILES string of the molecule is Cc1cc(C(=O)Nc2cc(-n3cc(C(=O)NCCCN4CCOCC4)nn3)ccc2N2CCN(C)[C@H](C)C2)c(C(F)(F)F)nc1N. The summed E-state index contributed by atoms with van der Waals surface area (Å²) >= 11 is 0. The highest BCUT2D eigenvalue weighted by atomic mass is 19.4. The third-order valence-corrected chi connectivity index (χ3v) is 8.33. The molecule has 4 N–H and O–H groups in total. The summed E-state index contributed by atoms with van der Waals surface area (Å²) in [6.45, 7) is 10.1.